The zero-order valence-corrected chi connectivity index (χ0v) is 20.9. The Hall–Kier alpha value is -3.18. The van der Waals surface area contributed by atoms with Crippen LogP contribution in [-0.2, 0) is 0 Å². The SMILES string of the molecule is C[C@@H]1CCN([C@@H](C)COc2ccccc2)C1.C[C@@H]1c2cc(O)ccc2OC[C@H]1c1ccc(O)cc1. The van der Waals surface area contributed by atoms with Crippen molar-refractivity contribution in [3.63, 3.8) is 0 Å². The molecular formula is C30H37NO4. The van der Waals surface area contributed by atoms with E-state index in [0.29, 0.717) is 12.6 Å². The lowest BCUT2D eigenvalue weighted by atomic mass is 9.81. The summed E-state index contributed by atoms with van der Waals surface area (Å²) in [5.74, 6) is 3.70. The highest BCUT2D eigenvalue weighted by molar-refractivity contribution is 5.45. The first-order chi connectivity index (χ1) is 16.9. The Bertz CT molecular complexity index is 1070. The lowest BCUT2D eigenvalue weighted by Gasteiger charge is -2.31. The molecule has 0 radical (unpaired) electrons. The number of para-hydroxylation sites is 1. The van der Waals surface area contributed by atoms with Gasteiger partial charge < -0.3 is 19.7 Å². The molecule has 2 aliphatic rings. The molecule has 2 aliphatic heterocycles. The highest BCUT2D eigenvalue weighted by Crippen LogP contribution is 2.43. The summed E-state index contributed by atoms with van der Waals surface area (Å²) >= 11 is 0. The zero-order valence-electron chi connectivity index (χ0n) is 20.9. The number of nitrogens with zero attached hydrogens (tertiary/aromatic N) is 1. The first kappa shape index (κ1) is 24.9. The summed E-state index contributed by atoms with van der Waals surface area (Å²) in [5.41, 5.74) is 2.17. The van der Waals surface area contributed by atoms with E-state index in [1.807, 2.05) is 48.5 Å². The summed E-state index contributed by atoms with van der Waals surface area (Å²) in [6.07, 6.45) is 1.33. The molecule has 186 valence electrons. The topological polar surface area (TPSA) is 62.2 Å². The van der Waals surface area contributed by atoms with E-state index in [0.717, 1.165) is 35.2 Å². The smallest absolute Gasteiger partial charge is 0.123 e. The van der Waals surface area contributed by atoms with Crippen molar-refractivity contribution in [3.05, 3.63) is 83.9 Å². The van der Waals surface area contributed by atoms with Crippen LogP contribution in [0, 0.1) is 5.92 Å². The van der Waals surface area contributed by atoms with E-state index in [2.05, 4.69) is 25.7 Å². The Labute approximate surface area is 208 Å². The third-order valence-corrected chi connectivity index (χ3v) is 7.14. The molecule has 2 heterocycles. The van der Waals surface area contributed by atoms with Crippen LogP contribution in [0.3, 0.4) is 0 Å². The summed E-state index contributed by atoms with van der Waals surface area (Å²) in [5, 5.41) is 19.0. The third kappa shape index (κ3) is 6.49. The maximum absolute atomic E-state index is 9.61. The fourth-order valence-electron chi connectivity index (χ4n) is 4.88. The first-order valence-electron chi connectivity index (χ1n) is 12.6. The fourth-order valence-corrected chi connectivity index (χ4v) is 4.88. The number of benzene rings is 3. The van der Waals surface area contributed by atoms with E-state index >= 15 is 0 Å². The average molecular weight is 476 g/mol. The summed E-state index contributed by atoms with van der Waals surface area (Å²) < 4.78 is 11.5. The summed E-state index contributed by atoms with van der Waals surface area (Å²) in [7, 11) is 0. The van der Waals surface area contributed by atoms with Crippen LogP contribution in [0.4, 0.5) is 0 Å². The second-order valence-corrected chi connectivity index (χ2v) is 9.88. The van der Waals surface area contributed by atoms with Crippen LogP contribution in [0.5, 0.6) is 23.0 Å². The van der Waals surface area contributed by atoms with Crippen molar-refractivity contribution >= 4 is 0 Å². The minimum Gasteiger partial charge on any atom is -0.508 e. The molecule has 1 saturated heterocycles. The number of fused-ring (bicyclic) bond motifs is 1. The van der Waals surface area contributed by atoms with E-state index in [4.69, 9.17) is 9.47 Å². The minimum absolute atomic E-state index is 0.231. The minimum atomic E-state index is 0.231. The zero-order chi connectivity index (χ0) is 24.8. The van der Waals surface area contributed by atoms with Gasteiger partial charge in [-0.2, -0.15) is 0 Å². The van der Waals surface area contributed by atoms with Crippen LogP contribution in [0.25, 0.3) is 0 Å². The Morgan fingerprint density at radius 1 is 0.971 bits per heavy atom. The molecule has 4 atom stereocenters. The van der Waals surface area contributed by atoms with Crippen molar-refractivity contribution in [2.24, 2.45) is 5.92 Å². The molecule has 5 nitrogen and oxygen atoms in total. The van der Waals surface area contributed by atoms with Gasteiger partial charge in [-0.15, -0.1) is 0 Å². The molecule has 1 fully saturated rings. The fraction of sp³-hybridized carbons (Fsp3) is 0.400. The van der Waals surface area contributed by atoms with Gasteiger partial charge in [0.2, 0.25) is 0 Å². The maximum atomic E-state index is 9.61. The number of ether oxygens (including phenoxy) is 2. The Balaban J connectivity index is 0.000000168. The number of rotatable bonds is 5. The van der Waals surface area contributed by atoms with E-state index in [1.54, 1.807) is 24.3 Å². The number of phenols is 2. The van der Waals surface area contributed by atoms with Crippen molar-refractivity contribution in [2.45, 2.75) is 45.1 Å². The van der Waals surface area contributed by atoms with E-state index in [-0.39, 0.29) is 23.3 Å². The van der Waals surface area contributed by atoms with E-state index in [1.165, 1.54) is 19.5 Å². The van der Waals surface area contributed by atoms with Crippen LogP contribution in [0.2, 0.25) is 0 Å². The monoisotopic (exact) mass is 475 g/mol. The Morgan fingerprint density at radius 2 is 1.69 bits per heavy atom. The molecule has 0 aliphatic carbocycles. The predicted octanol–water partition coefficient (Wildman–Crippen LogP) is 6.17. The van der Waals surface area contributed by atoms with Crippen molar-refractivity contribution in [1.29, 1.82) is 0 Å². The van der Waals surface area contributed by atoms with Crippen molar-refractivity contribution in [2.75, 3.05) is 26.3 Å². The highest BCUT2D eigenvalue weighted by Gasteiger charge is 2.29. The van der Waals surface area contributed by atoms with Gasteiger partial charge in [-0.25, -0.2) is 0 Å². The highest BCUT2D eigenvalue weighted by atomic mass is 16.5. The van der Waals surface area contributed by atoms with Gasteiger partial charge in [-0.3, -0.25) is 4.90 Å². The van der Waals surface area contributed by atoms with Crippen LogP contribution in [0.1, 0.15) is 50.2 Å². The van der Waals surface area contributed by atoms with Gasteiger partial charge in [0.1, 0.15) is 29.6 Å². The first-order valence-corrected chi connectivity index (χ1v) is 12.6. The lowest BCUT2D eigenvalue weighted by molar-refractivity contribution is 0.169. The van der Waals surface area contributed by atoms with Gasteiger partial charge in [-0.05, 0) is 79.8 Å². The lowest BCUT2D eigenvalue weighted by Crippen LogP contribution is -2.35. The molecule has 0 bridgehead atoms. The number of likely N-dealkylation sites (tertiary alicyclic amines) is 1. The van der Waals surface area contributed by atoms with Crippen molar-refractivity contribution < 1.29 is 19.7 Å². The second kappa shape index (κ2) is 11.5. The molecule has 5 rings (SSSR count). The summed E-state index contributed by atoms with van der Waals surface area (Å²) in [4.78, 5) is 2.52. The van der Waals surface area contributed by atoms with Crippen LogP contribution >= 0.6 is 0 Å². The standard InChI is InChI=1S/C16H16O3.C14H21NO/c1-10-14-8-13(18)6-7-16(14)19-9-15(10)11-2-4-12(17)5-3-11;1-12-8-9-15(10-12)13(2)11-16-14-6-4-3-5-7-14/h2-8,10,15,17-18H,9H2,1H3;3-7,12-13H,8-11H2,1-2H3/t10-,15-;12-,13+/m11/s1. The summed E-state index contributed by atoms with van der Waals surface area (Å²) in [6, 6.07) is 23.0. The van der Waals surface area contributed by atoms with Gasteiger partial charge in [0.15, 0.2) is 0 Å². The third-order valence-electron chi connectivity index (χ3n) is 7.14. The van der Waals surface area contributed by atoms with Gasteiger partial charge in [0.05, 0.1) is 6.61 Å². The predicted molar refractivity (Wildman–Crippen MR) is 140 cm³/mol. The quantitative estimate of drug-likeness (QED) is 0.462. The van der Waals surface area contributed by atoms with Crippen LogP contribution in [-0.4, -0.2) is 47.5 Å². The molecule has 0 spiro atoms. The van der Waals surface area contributed by atoms with E-state index < -0.39 is 0 Å². The maximum Gasteiger partial charge on any atom is 0.123 e. The molecule has 2 N–H and O–H groups in total. The number of hydrogen-bond acceptors (Lipinski definition) is 5. The normalized spacial score (nSPS) is 22.3. The molecule has 5 heteroatoms. The van der Waals surface area contributed by atoms with Gasteiger partial charge >= 0.3 is 0 Å². The van der Waals surface area contributed by atoms with Crippen LogP contribution in [0.15, 0.2) is 72.8 Å². The molecule has 3 aromatic rings. The summed E-state index contributed by atoms with van der Waals surface area (Å²) in [6.45, 7) is 10.6. The molecule has 3 aromatic carbocycles. The van der Waals surface area contributed by atoms with Gasteiger partial charge in [0, 0.05) is 24.1 Å². The molecule has 0 unspecified atom stereocenters. The van der Waals surface area contributed by atoms with Gasteiger partial charge in [0.25, 0.3) is 0 Å². The number of phenolic OH excluding ortho intramolecular Hbond substituents is 2. The van der Waals surface area contributed by atoms with Crippen LogP contribution < -0.4 is 9.47 Å². The largest absolute Gasteiger partial charge is 0.508 e. The number of hydrogen-bond donors (Lipinski definition) is 2. The van der Waals surface area contributed by atoms with Crippen molar-refractivity contribution in [1.82, 2.24) is 4.90 Å². The second-order valence-electron chi connectivity index (χ2n) is 9.88. The molecule has 35 heavy (non-hydrogen) atoms. The number of aromatic hydroxyl groups is 2. The average Bonchev–Trinajstić information content (AvgIpc) is 3.31. The molecule has 0 amide bonds. The Morgan fingerprint density at radius 3 is 2.37 bits per heavy atom. The van der Waals surface area contributed by atoms with Crippen molar-refractivity contribution in [3.8, 4) is 23.0 Å². The molecule has 0 aromatic heterocycles. The Kier molecular flexibility index (Phi) is 8.19. The molecular weight excluding hydrogens is 438 g/mol. The van der Waals surface area contributed by atoms with E-state index in [9.17, 15) is 10.2 Å². The molecule has 0 saturated carbocycles. The van der Waals surface area contributed by atoms with Gasteiger partial charge in [-0.1, -0.05) is 44.2 Å².